The maximum absolute atomic E-state index is 15.0. The van der Waals surface area contributed by atoms with E-state index in [2.05, 4.69) is 25.5 Å². The zero-order chi connectivity index (χ0) is 23.9. The maximum Gasteiger partial charge on any atom is 0.258 e. The Morgan fingerprint density at radius 3 is 2.65 bits per heavy atom. The number of fused-ring (bicyclic) bond motifs is 1. The van der Waals surface area contributed by atoms with E-state index in [1.165, 1.54) is 18.2 Å². The number of hydrogen-bond donors (Lipinski definition) is 4. The molecule has 0 saturated carbocycles. The van der Waals surface area contributed by atoms with Gasteiger partial charge in [0.2, 0.25) is 5.95 Å². The second kappa shape index (κ2) is 8.09. The van der Waals surface area contributed by atoms with Crippen molar-refractivity contribution in [2.24, 2.45) is 5.73 Å². The lowest BCUT2D eigenvalue weighted by atomic mass is 9.84. The lowest BCUT2D eigenvalue weighted by Crippen LogP contribution is -2.42. The van der Waals surface area contributed by atoms with E-state index in [4.69, 9.17) is 5.73 Å². The van der Waals surface area contributed by atoms with Crippen molar-refractivity contribution < 1.29 is 14.3 Å². The molecule has 5 rings (SSSR count). The van der Waals surface area contributed by atoms with Crippen LogP contribution in [0.4, 0.5) is 16.2 Å². The smallest absolute Gasteiger partial charge is 0.258 e. The Bertz CT molecular complexity index is 1510. The van der Waals surface area contributed by atoms with Crippen LogP contribution in [0.2, 0.25) is 0 Å². The molecule has 3 aromatic heterocycles. The van der Waals surface area contributed by atoms with Crippen molar-refractivity contribution in [1.29, 1.82) is 0 Å². The second-order valence-corrected chi connectivity index (χ2v) is 7.82. The quantitative estimate of drug-likeness (QED) is 0.310. The Kier molecular flexibility index (Phi) is 5.06. The predicted octanol–water partition coefficient (Wildman–Crippen LogP) is 3.03. The average Bonchev–Trinajstić information content (AvgIpc) is 3.48. The standard InChI is InChI=1S/C24H20FN7O2/c1-14-11-20(31-30-14)29-23-28-19(13-21-27-9-10-32(21)23)17-12-16(7-8-18(17)25)24(34,22(26)33)15-5-3-2-4-6-15/h2-13,34H,1H3,(H2,26,33)(H2,28,29,30,31). The number of carbonyl (C=O) groups is 1. The average molecular weight is 457 g/mol. The van der Waals surface area contributed by atoms with Gasteiger partial charge in [0.25, 0.3) is 5.91 Å². The van der Waals surface area contributed by atoms with Gasteiger partial charge in [-0.25, -0.2) is 14.4 Å². The van der Waals surface area contributed by atoms with Crippen molar-refractivity contribution in [3.8, 4) is 11.3 Å². The number of nitrogens with one attached hydrogen (secondary N) is 2. The third-order valence-corrected chi connectivity index (χ3v) is 5.54. The summed E-state index contributed by atoms with van der Waals surface area (Å²) in [6, 6.07) is 15.5. The van der Waals surface area contributed by atoms with E-state index in [1.54, 1.807) is 59.3 Å². The van der Waals surface area contributed by atoms with E-state index in [0.29, 0.717) is 17.4 Å². The number of primary amides is 1. The van der Waals surface area contributed by atoms with E-state index in [-0.39, 0.29) is 22.4 Å². The van der Waals surface area contributed by atoms with E-state index in [1.807, 2.05) is 6.92 Å². The van der Waals surface area contributed by atoms with Gasteiger partial charge in [-0.1, -0.05) is 36.4 Å². The van der Waals surface area contributed by atoms with Crippen molar-refractivity contribution in [3.05, 3.63) is 95.7 Å². The molecule has 0 aliphatic rings. The Labute approximate surface area is 193 Å². The summed E-state index contributed by atoms with van der Waals surface area (Å²) in [6.45, 7) is 1.86. The van der Waals surface area contributed by atoms with Crippen LogP contribution in [0.15, 0.2) is 73.1 Å². The Balaban J connectivity index is 1.65. The van der Waals surface area contributed by atoms with Gasteiger partial charge in [-0.15, -0.1) is 0 Å². The highest BCUT2D eigenvalue weighted by atomic mass is 19.1. The SMILES string of the molecule is Cc1cc(Nc2nc(-c3cc(C(O)(C(N)=O)c4ccccc4)ccc3F)cc3nccn23)n[nH]1. The van der Waals surface area contributed by atoms with Gasteiger partial charge >= 0.3 is 0 Å². The molecule has 0 saturated heterocycles. The fourth-order valence-electron chi connectivity index (χ4n) is 3.82. The van der Waals surface area contributed by atoms with Crippen LogP contribution in [-0.2, 0) is 10.4 Å². The number of aliphatic hydroxyl groups is 1. The lowest BCUT2D eigenvalue weighted by Gasteiger charge is -2.26. The molecule has 9 nitrogen and oxygen atoms in total. The number of benzene rings is 2. The minimum absolute atomic E-state index is 0.0693. The molecule has 34 heavy (non-hydrogen) atoms. The van der Waals surface area contributed by atoms with Crippen LogP contribution >= 0.6 is 0 Å². The summed E-state index contributed by atoms with van der Waals surface area (Å²) >= 11 is 0. The second-order valence-electron chi connectivity index (χ2n) is 7.82. The molecular weight excluding hydrogens is 437 g/mol. The Morgan fingerprint density at radius 1 is 1.15 bits per heavy atom. The topological polar surface area (TPSA) is 134 Å². The minimum atomic E-state index is -2.16. The number of aromatic nitrogens is 5. The number of halogens is 1. The van der Waals surface area contributed by atoms with Crippen LogP contribution in [-0.4, -0.2) is 35.6 Å². The van der Waals surface area contributed by atoms with Gasteiger partial charge in [-0.2, -0.15) is 5.10 Å². The molecule has 1 unspecified atom stereocenters. The normalized spacial score (nSPS) is 13.0. The summed E-state index contributed by atoms with van der Waals surface area (Å²) < 4.78 is 16.7. The van der Waals surface area contributed by atoms with Crippen molar-refractivity contribution in [1.82, 2.24) is 24.6 Å². The molecule has 5 N–H and O–H groups in total. The Hall–Kier alpha value is -4.57. The van der Waals surface area contributed by atoms with E-state index in [0.717, 1.165) is 5.69 Å². The first-order valence-corrected chi connectivity index (χ1v) is 10.4. The number of carbonyl (C=O) groups excluding carboxylic acids is 1. The molecule has 0 fully saturated rings. The van der Waals surface area contributed by atoms with Crippen LogP contribution in [0.3, 0.4) is 0 Å². The number of hydrogen-bond acceptors (Lipinski definition) is 6. The van der Waals surface area contributed by atoms with Crippen LogP contribution in [0.25, 0.3) is 16.9 Å². The molecule has 0 bridgehead atoms. The number of imidazole rings is 1. The van der Waals surface area contributed by atoms with E-state index < -0.39 is 17.3 Å². The van der Waals surface area contributed by atoms with Crippen LogP contribution in [0, 0.1) is 12.7 Å². The van der Waals surface area contributed by atoms with Gasteiger partial charge < -0.3 is 16.2 Å². The number of amides is 1. The number of aryl methyl sites for hydroxylation is 1. The van der Waals surface area contributed by atoms with Gasteiger partial charge in [-0.05, 0) is 30.2 Å². The third kappa shape index (κ3) is 3.55. The first kappa shape index (κ1) is 21.3. The number of rotatable bonds is 6. The van der Waals surface area contributed by atoms with Gasteiger partial charge in [-0.3, -0.25) is 14.3 Å². The van der Waals surface area contributed by atoms with Crippen LogP contribution < -0.4 is 11.1 Å². The van der Waals surface area contributed by atoms with Crippen LogP contribution in [0.1, 0.15) is 16.8 Å². The fraction of sp³-hybridized carbons (Fsp3) is 0.0833. The lowest BCUT2D eigenvalue weighted by molar-refractivity contribution is -0.133. The first-order chi connectivity index (χ1) is 16.4. The van der Waals surface area contributed by atoms with Crippen molar-refractivity contribution in [3.63, 3.8) is 0 Å². The predicted molar refractivity (Wildman–Crippen MR) is 124 cm³/mol. The zero-order valence-corrected chi connectivity index (χ0v) is 18.0. The highest BCUT2D eigenvalue weighted by Crippen LogP contribution is 2.34. The minimum Gasteiger partial charge on any atom is -0.372 e. The van der Waals surface area contributed by atoms with Crippen molar-refractivity contribution in [2.75, 3.05) is 5.32 Å². The number of nitrogens with zero attached hydrogens (tertiary/aromatic N) is 4. The molecule has 0 spiro atoms. The highest BCUT2D eigenvalue weighted by Gasteiger charge is 2.38. The van der Waals surface area contributed by atoms with E-state index in [9.17, 15) is 9.90 Å². The van der Waals surface area contributed by atoms with Gasteiger partial charge in [0.05, 0.1) is 5.69 Å². The molecule has 1 amide bonds. The molecule has 10 heteroatoms. The number of aromatic amines is 1. The first-order valence-electron chi connectivity index (χ1n) is 10.4. The highest BCUT2D eigenvalue weighted by molar-refractivity contribution is 5.89. The van der Waals surface area contributed by atoms with E-state index >= 15 is 4.39 Å². The van der Waals surface area contributed by atoms with Gasteiger partial charge in [0, 0.05) is 35.8 Å². The molecular formula is C24H20FN7O2. The number of nitrogens with two attached hydrogens (primary N) is 1. The summed E-state index contributed by atoms with van der Waals surface area (Å²) in [4.78, 5) is 21.3. The monoisotopic (exact) mass is 457 g/mol. The summed E-state index contributed by atoms with van der Waals surface area (Å²) in [6.07, 6.45) is 3.30. The molecule has 0 aliphatic heterocycles. The molecule has 0 radical (unpaired) electrons. The van der Waals surface area contributed by atoms with Gasteiger partial charge in [0.15, 0.2) is 11.4 Å². The molecule has 1 atom stereocenters. The fourth-order valence-corrected chi connectivity index (χ4v) is 3.82. The number of anilines is 2. The molecule has 5 aromatic rings. The summed E-state index contributed by atoms with van der Waals surface area (Å²) in [5.74, 6) is -0.689. The summed E-state index contributed by atoms with van der Waals surface area (Å²) in [5.41, 5.74) is 5.51. The van der Waals surface area contributed by atoms with Crippen molar-refractivity contribution >= 4 is 23.3 Å². The largest absolute Gasteiger partial charge is 0.372 e. The summed E-state index contributed by atoms with van der Waals surface area (Å²) in [5, 5.41) is 21.4. The molecule has 3 heterocycles. The van der Waals surface area contributed by atoms with Crippen molar-refractivity contribution in [2.45, 2.75) is 12.5 Å². The van der Waals surface area contributed by atoms with Gasteiger partial charge in [0.1, 0.15) is 11.5 Å². The molecule has 0 aliphatic carbocycles. The van der Waals surface area contributed by atoms with Crippen LogP contribution in [0.5, 0.6) is 0 Å². The maximum atomic E-state index is 15.0. The molecule has 170 valence electrons. The molecule has 2 aromatic carbocycles. The summed E-state index contributed by atoms with van der Waals surface area (Å²) in [7, 11) is 0. The third-order valence-electron chi connectivity index (χ3n) is 5.54. The zero-order valence-electron chi connectivity index (χ0n) is 18.0. The Morgan fingerprint density at radius 2 is 1.94 bits per heavy atom. The number of H-pyrrole nitrogens is 1.